The first-order valence-corrected chi connectivity index (χ1v) is 9.09. The molecule has 0 aliphatic carbocycles. The molecule has 7 heteroatoms. The predicted octanol–water partition coefficient (Wildman–Crippen LogP) is 3.92. The summed E-state index contributed by atoms with van der Waals surface area (Å²) in [5, 5.41) is 6.59. The van der Waals surface area contributed by atoms with Gasteiger partial charge in [0.1, 0.15) is 11.6 Å². The van der Waals surface area contributed by atoms with Crippen molar-refractivity contribution in [2.45, 2.75) is 13.3 Å². The number of anilines is 3. The van der Waals surface area contributed by atoms with Gasteiger partial charge in [0.15, 0.2) is 11.5 Å². The van der Waals surface area contributed by atoms with E-state index in [4.69, 9.17) is 14.2 Å². The van der Waals surface area contributed by atoms with Crippen LogP contribution in [0.3, 0.4) is 0 Å². The zero-order valence-corrected chi connectivity index (χ0v) is 15.9. The summed E-state index contributed by atoms with van der Waals surface area (Å²) in [5.74, 6) is 3.66. The number of hydrogen-bond donors (Lipinski definition) is 2. The Labute approximate surface area is 163 Å². The number of nitrogens with zero attached hydrogens (tertiary/aromatic N) is 2. The molecule has 0 saturated heterocycles. The van der Waals surface area contributed by atoms with Crippen molar-refractivity contribution in [1.82, 2.24) is 9.97 Å². The van der Waals surface area contributed by atoms with Crippen molar-refractivity contribution < 1.29 is 14.2 Å². The molecule has 0 radical (unpaired) electrons. The molecule has 0 saturated carbocycles. The Kier molecular flexibility index (Phi) is 5.14. The third kappa shape index (κ3) is 4.25. The van der Waals surface area contributed by atoms with Gasteiger partial charge in [-0.3, -0.25) is 0 Å². The second kappa shape index (κ2) is 8.04. The maximum atomic E-state index is 5.42. The summed E-state index contributed by atoms with van der Waals surface area (Å²) in [6, 6.07) is 15.7. The summed E-state index contributed by atoms with van der Waals surface area (Å²) in [6.45, 7) is 2.94. The van der Waals surface area contributed by atoms with Gasteiger partial charge in [-0.2, -0.15) is 4.98 Å². The average molecular weight is 378 g/mol. The number of aryl methyl sites for hydroxylation is 1. The molecule has 0 bridgehead atoms. The number of rotatable bonds is 7. The molecule has 0 fully saturated rings. The van der Waals surface area contributed by atoms with Crippen molar-refractivity contribution in [2.75, 3.05) is 31.1 Å². The van der Waals surface area contributed by atoms with Gasteiger partial charge in [-0.15, -0.1) is 0 Å². The lowest BCUT2D eigenvalue weighted by Gasteiger charge is -2.10. The zero-order chi connectivity index (χ0) is 19.3. The minimum absolute atomic E-state index is 0.258. The first-order valence-electron chi connectivity index (χ1n) is 9.09. The number of ether oxygens (including phenoxy) is 3. The van der Waals surface area contributed by atoms with E-state index in [0.717, 1.165) is 47.4 Å². The Balaban J connectivity index is 1.39. The van der Waals surface area contributed by atoms with Gasteiger partial charge in [0.05, 0.1) is 7.11 Å². The third-order valence-electron chi connectivity index (χ3n) is 4.36. The normalized spacial score (nSPS) is 11.9. The highest BCUT2D eigenvalue weighted by Gasteiger charge is 2.13. The molecule has 4 rings (SSSR count). The van der Waals surface area contributed by atoms with E-state index >= 15 is 0 Å². The van der Waals surface area contributed by atoms with Crippen molar-refractivity contribution in [1.29, 1.82) is 0 Å². The second-order valence-corrected chi connectivity index (χ2v) is 6.44. The van der Waals surface area contributed by atoms with Crippen LogP contribution in [0.5, 0.6) is 17.2 Å². The summed E-state index contributed by atoms with van der Waals surface area (Å²) in [7, 11) is 1.67. The summed E-state index contributed by atoms with van der Waals surface area (Å²) in [4.78, 5) is 9.02. The van der Waals surface area contributed by atoms with Crippen LogP contribution < -0.4 is 24.8 Å². The van der Waals surface area contributed by atoms with E-state index < -0.39 is 0 Å². The van der Waals surface area contributed by atoms with Gasteiger partial charge in [-0.1, -0.05) is 12.1 Å². The summed E-state index contributed by atoms with van der Waals surface area (Å²) < 4.78 is 15.9. The van der Waals surface area contributed by atoms with Crippen LogP contribution in [-0.4, -0.2) is 30.4 Å². The lowest BCUT2D eigenvalue weighted by atomic mass is 10.1. The molecule has 1 aliphatic heterocycles. The largest absolute Gasteiger partial charge is 0.497 e. The van der Waals surface area contributed by atoms with Gasteiger partial charge in [-0.05, 0) is 43.2 Å². The highest BCUT2D eigenvalue weighted by Crippen LogP contribution is 2.35. The van der Waals surface area contributed by atoms with Crippen LogP contribution in [0.2, 0.25) is 0 Å². The van der Waals surface area contributed by atoms with Gasteiger partial charge in [0.25, 0.3) is 0 Å². The molecule has 28 heavy (non-hydrogen) atoms. The molecule has 2 aromatic carbocycles. The minimum atomic E-state index is 0.258. The molecular weight excluding hydrogens is 356 g/mol. The Morgan fingerprint density at radius 1 is 1.00 bits per heavy atom. The van der Waals surface area contributed by atoms with Crippen molar-refractivity contribution in [3.63, 3.8) is 0 Å². The van der Waals surface area contributed by atoms with Crippen molar-refractivity contribution >= 4 is 17.5 Å². The number of aromatic nitrogens is 2. The number of nitrogens with one attached hydrogen (secondary N) is 2. The number of methoxy groups -OCH3 is 1. The number of fused-ring (bicyclic) bond motifs is 1. The van der Waals surface area contributed by atoms with Crippen LogP contribution >= 0.6 is 0 Å². The first kappa shape index (κ1) is 17.9. The second-order valence-electron chi connectivity index (χ2n) is 6.44. The summed E-state index contributed by atoms with van der Waals surface area (Å²) >= 11 is 0. The van der Waals surface area contributed by atoms with Gasteiger partial charge < -0.3 is 24.8 Å². The molecule has 2 N–H and O–H groups in total. The number of benzene rings is 2. The van der Waals surface area contributed by atoms with Crippen molar-refractivity contribution in [3.05, 3.63) is 59.8 Å². The van der Waals surface area contributed by atoms with Crippen LogP contribution in [-0.2, 0) is 6.42 Å². The van der Waals surface area contributed by atoms with Crippen LogP contribution in [0.1, 0.15) is 11.3 Å². The molecule has 0 atom stereocenters. The standard InChI is InChI=1S/C21H22N4O3/c1-14-11-20(24-16-5-8-18-19(12-16)28-13-27-18)25-21(23-14)22-10-9-15-3-6-17(26-2)7-4-15/h3-8,11-12H,9-10,13H2,1-2H3,(H2,22,23,24,25). The molecule has 0 unspecified atom stereocenters. The van der Waals surface area contributed by atoms with E-state index in [1.54, 1.807) is 7.11 Å². The van der Waals surface area contributed by atoms with E-state index in [0.29, 0.717) is 5.95 Å². The van der Waals surface area contributed by atoms with Crippen molar-refractivity contribution in [3.8, 4) is 17.2 Å². The first-order chi connectivity index (χ1) is 13.7. The van der Waals surface area contributed by atoms with E-state index in [9.17, 15) is 0 Å². The van der Waals surface area contributed by atoms with Crippen molar-refractivity contribution in [2.24, 2.45) is 0 Å². The Morgan fingerprint density at radius 2 is 1.82 bits per heavy atom. The summed E-state index contributed by atoms with van der Waals surface area (Å²) in [6.07, 6.45) is 0.867. The molecule has 2 heterocycles. The van der Waals surface area contributed by atoms with Crippen LogP contribution in [0.25, 0.3) is 0 Å². The fourth-order valence-electron chi connectivity index (χ4n) is 2.94. The molecule has 7 nitrogen and oxygen atoms in total. The molecule has 0 spiro atoms. The fourth-order valence-corrected chi connectivity index (χ4v) is 2.94. The zero-order valence-electron chi connectivity index (χ0n) is 15.9. The molecular formula is C21H22N4O3. The minimum Gasteiger partial charge on any atom is -0.497 e. The highest BCUT2D eigenvalue weighted by molar-refractivity contribution is 5.62. The van der Waals surface area contributed by atoms with E-state index in [2.05, 4.69) is 32.7 Å². The van der Waals surface area contributed by atoms with Crippen LogP contribution in [0, 0.1) is 6.92 Å². The van der Waals surface area contributed by atoms with Crippen LogP contribution in [0.4, 0.5) is 17.5 Å². The highest BCUT2D eigenvalue weighted by atomic mass is 16.7. The smallest absolute Gasteiger partial charge is 0.231 e. The number of hydrogen-bond acceptors (Lipinski definition) is 7. The Bertz CT molecular complexity index is 960. The lowest BCUT2D eigenvalue weighted by molar-refractivity contribution is 0.174. The topological polar surface area (TPSA) is 77.5 Å². The molecule has 3 aromatic rings. The lowest BCUT2D eigenvalue weighted by Crippen LogP contribution is -2.09. The SMILES string of the molecule is COc1ccc(CCNc2nc(C)cc(Nc3ccc4c(c3)OCO4)n2)cc1. The van der Waals surface area contributed by atoms with Crippen LogP contribution in [0.15, 0.2) is 48.5 Å². The van der Waals surface area contributed by atoms with E-state index in [-0.39, 0.29) is 6.79 Å². The third-order valence-corrected chi connectivity index (χ3v) is 4.36. The average Bonchev–Trinajstić information content (AvgIpc) is 3.16. The Morgan fingerprint density at radius 3 is 2.64 bits per heavy atom. The quantitative estimate of drug-likeness (QED) is 0.645. The van der Waals surface area contributed by atoms with Gasteiger partial charge in [0.2, 0.25) is 12.7 Å². The maximum Gasteiger partial charge on any atom is 0.231 e. The molecule has 1 aromatic heterocycles. The molecule has 0 amide bonds. The van der Waals surface area contributed by atoms with E-state index in [1.165, 1.54) is 5.56 Å². The molecule has 144 valence electrons. The van der Waals surface area contributed by atoms with E-state index in [1.807, 2.05) is 43.3 Å². The van der Waals surface area contributed by atoms with Gasteiger partial charge in [0, 0.05) is 30.1 Å². The monoisotopic (exact) mass is 378 g/mol. The summed E-state index contributed by atoms with van der Waals surface area (Å²) in [5.41, 5.74) is 2.98. The Hall–Kier alpha value is -3.48. The van der Waals surface area contributed by atoms with Gasteiger partial charge in [-0.25, -0.2) is 4.98 Å². The molecule has 1 aliphatic rings. The predicted molar refractivity (Wildman–Crippen MR) is 108 cm³/mol. The van der Waals surface area contributed by atoms with Gasteiger partial charge >= 0.3 is 0 Å². The fraction of sp³-hybridized carbons (Fsp3) is 0.238. The maximum absolute atomic E-state index is 5.42.